The number of ether oxygens (including phenoxy) is 1. The lowest BCUT2D eigenvalue weighted by atomic mass is 10.1. The molecule has 1 aliphatic heterocycles. The molecule has 0 amide bonds. The van der Waals surface area contributed by atoms with Crippen molar-refractivity contribution in [2.24, 2.45) is 0 Å². The minimum atomic E-state index is 0.621. The Morgan fingerprint density at radius 3 is 3.29 bits per heavy atom. The van der Waals surface area contributed by atoms with Gasteiger partial charge in [-0.3, -0.25) is 9.97 Å². The van der Waals surface area contributed by atoms with Gasteiger partial charge in [0.1, 0.15) is 12.3 Å². The highest BCUT2D eigenvalue weighted by Gasteiger charge is 2.10. The molecule has 0 fully saturated rings. The number of pyridine rings is 2. The van der Waals surface area contributed by atoms with Gasteiger partial charge in [-0.15, -0.1) is 0 Å². The third-order valence-electron chi connectivity index (χ3n) is 2.27. The Morgan fingerprint density at radius 1 is 1.29 bits per heavy atom. The number of hydrogen-bond acceptors (Lipinski definition) is 3. The molecule has 0 saturated heterocycles. The number of nitrogens with zero attached hydrogens (tertiary/aromatic N) is 2. The van der Waals surface area contributed by atoms with Crippen molar-refractivity contribution in [2.75, 3.05) is 6.61 Å². The first kappa shape index (κ1) is 7.50. The van der Waals surface area contributed by atoms with Gasteiger partial charge in [0.15, 0.2) is 5.75 Å². The lowest BCUT2D eigenvalue weighted by molar-refractivity contribution is 0.361. The summed E-state index contributed by atoms with van der Waals surface area (Å²) >= 11 is 0. The predicted octanol–water partition coefficient (Wildman–Crippen LogP) is 2.04. The van der Waals surface area contributed by atoms with Crippen molar-refractivity contribution in [1.82, 2.24) is 9.97 Å². The molecule has 3 nitrogen and oxygen atoms in total. The van der Waals surface area contributed by atoms with E-state index >= 15 is 0 Å². The Balaban J connectivity index is 2.41. The van der Waals surface area contributed by atoms with Crippen molar-refractivity contribution in [2.45, 2.75) is 0 Å². The van der Waals surface area contributed by atoms with E-state index < -0.39 is 0 Å². The van der Waals surface area contributed by atoms with Gasteiger partial charge in [-0.1, -0.05) is 0 Å². The summed E-state index contributed by atoms with van der Waals surface area (Å²) in [5, 5.41) is 2.09. The van der Waals surface area contributed by atoms with Crippen LogP contribution in [0.2, 0.25) is 0 Å². The summed E-state index contributed by atoms with van der Waals surface area (Å²) in [6.45, 7) is 0.621. The molecule has 14 heavy (non-hydrogen) atoms. The minimum absolute atomic E-state index is 0.621. The highest BCUT2D eigenvalue weighted by atomic mass is 16.5. The average Bonchev–Trinajstić information content (AvgIpc) is 2.29. The van der Waals surface area contributed by atoms with Crippen molar-refractivity contribution in [3.8, 4) is 5.75 Å². The number of hydrogen-bond donors (Lipinski definition) is 0. The third kappa shape index (κ3) is 0.988. The monoisotopic (exact) mass is 184 g/mol. The van der Waals surface area contributed by atoms with Crippen LogP contribution in [-0.4, -0.2) is 16.6 Å². The zero-order chi connectivity index (χ0) is 9.38. The largest absolute Gasteiger partial charge is 0.487 e. The molecule has 3 heteroatoms. The fraction of sp³-hybridized carbons (Fsp3) is 0.0909. The van der Waals surface area contributed by atoms with Gasteiger partial charge in [-0.2, -0.15) is 0 Å². The number of aromatic nitrogens is 2. The molecule has 0 aliphatic carbocycles. The maximum atomic E-state index is 5.56. The van der Waals surface area contributed by atoms with E-state index in [0.29, 0.717) is 6.61 Å². The lowest BCUT2D eigenvalue weighted by Gasteiger charge is -2.13. The second kappa shape index (κ2) is 2.80. The Labute approximate surface area is 81.1 Å². The molecular formula is C11H8N2O. The highest BCUT2D eigenvalue weighted by Crippen LogP contribution is 2.30. The summed E-state index contributed by atoms with van der Waals surface area (Å²) in [5.74, 6) is 0.868. The van der Waals surface area contributed by atoms with E-state index in [4.69, 9.17) is 4.74 Å². The first-order valence-electron chi connectivity index (χ1n) is 4.47. The normalized spacial score (nSPS) is 13.7. The molecule has 3 heterocycles. The Morgan fingerprint density at radius 2 is 2.29 bits per heavy atom. The maximum Gasteiger partial charge on any atom is 0.153 e. The average molecular weight is 184 g/mol. The predicted molar refractivity (Wildman–Crippen MR) is 54.1 cm³/mol. The standard InChI is InChI=1S/C11H8N2O/c1-2-10-11(14-5-1)9-3-4-12-6-8(9)7-13-10/h1-4,6-7H,5H2. The van der Waals surface area contributed by atoms with Gasteiger partial charge in [0.25, 0.3) is 0 Å². The minimum Gasteiger partial charge on any atom is -0.487 e. The van der Waals surface area contributed by atoms with Gasteiger partial charge in [0.2, 0.25) is 0 Å². The molecule has 0 aromatic carbocycles. The van der Waals surface area contributed by atoms with Crippen LogP contribution >= 0.6 is 0 Å². The van der Waals surface area contributed by atoms with Crippen molar-refractivity contribution >= 4 is 16.8 Å². The van der Waals surface area contributed by atoms with Crippen molar-refractivity contribution < 1.29 is 4.74 Å². The van der Waals surface area contributed by atoms with E-state index in [2.05, 4.69) is 9.97 Å². The second-order valence-corrected chi connectivity index (χ2v) is 3.15. The van der Waals surface area contributed by atoms with Crippen molar-refractivity contribution in [3.05, 3.63) is 36.4 Å². The van der Waals surface area contributed by atoms with Crippen LogP contribution in [0.4, 0.5) is 0 Å². The van der Waals surface area contributed by atoms with Crippen LogP contribution in [0.5, 0.6) is 5.75 Å². The fourth-order valence-electron chi connectivity index (χ4n) is 1.61. The molecule has 0 unspecified atom stereocenters. The van der Waals surface area contributed by atoms with E-state index in [9.17, 15) is 0 Å². The maximum absolute atomic E-state index is 5.56. The van der Waals surface area contributed by atoms with Crippen LogP contribution in [-0.2, 0) is 0 Å². The zero-order valence-electron chi connectivity index (χ0n) is 7.47. The molecule has 1 aliphatic rings. The fourth-order valence-corrected chi connectivity index (χ4v) is 1.61. The number of rotatable bonds is 0. The molecule has 2 aromatic rings. The Bertz CT molecular complexity index is 520. The van der Waals surface area contributed by atoms with Crippen LogP contribution < -0.4 is 4.74 Å². The van der Waals surface area contributed by atoms with E-state index in [1.165, 1.54) is 0 Å². The summed E-state index contributed by atoms with van der Waals surface area (Å²) in [6.07, 6.45) is 9.33. The molecule has 68 valence electrons. The zero-order valence-corrected chi connectivity index (χ0v) is 7.47. The second-order valence-electron chi connectivity index (χ2n) is 3.15. The first-order chi connectivity index (χ1) is 6.95. The molecule has 0 atom stereocenters. The van der Waals surface area contributed by atoms with Gasteiger partial charge in [-0.25, -0.2) is 0 Å². The summed E-state index contributed by atoms with van der Waals surface area (Å²) < 4.78 is 5.56. The van der Waals surface area contributed by atoms with Crippen molar-refractivity contribution in [3.63, 3.8) is 0 Å². The van der Waals surface area contributed by atoms with Crippen LogP contribution in [0.15, 0.2) is 30.7 Å². The van der Waals surface area contributed by atoms with E-state index in [-0.39, 0.29) is 0 Å². The molecule has 0 N–H and O–H groups in total. The summed E-state index contributed by atoms with van der Waals surface area (Å²) in [6, 6.07) is 1.95. The molecule has 0 radical (unpaired) electrons. The van der Waals surface area contributed by atoms with Gasteiger partial charge in [0.05, 0.1) is 0 Å². The van der Waals surface area contributed by atoms with Crippen LogP contribution in [0.1, 0.15) is 5.69 Å². The van der Waals surface area contributed by atoms with E-state index in [1.807, 2.05) is 24.4 Å². The van der Waals surface area contributed by atoms with Gasteiger partial charge in [-0.05, 0) is 18.2 Å². The van der Waals surface area contributed by atoms with E-state index in [1.54, 1.807) is 12.4 Å². The summed E-state index contributed by atoms with van der Waals surface area (Å²) in [4.78, 5) is 8.34. The smallest absolute Gasteiger partial charge is 0.153 e. The van der Waals surface area contributed by atoms with Crippen LogP contribution in [0.25, 0.3) is 16.8 Å². The lowest BCUT2D eigenvalue weighted by Crippen LogP contribution is -2.02. The number of fused-ring (bicyclic) bond motifs is 3. The topological polar surface area (TPSA) is 35.0 Å². The molecule has 0 saturated carbocycles. The molecule has 3 rings (SSSR count). The first-order valence-corrected chi connectivity index (χ1v) is 4.47. The Kier molecular flexibility index (Phi) is 1.50. The van der Waals surface area contributed by atoms with E-state index in [0.717, 1.165) is 22.2 Å². The molecule has 0 bridgehead atoms. The highest BCUT2D eigenvalue weighted by molar-refractivity contribution is 5.89. The van der Waals surface area contributed by atoms with Crippen molar-refractivity contribution in [1.29, 1.82) is 0 Å². The SMILES string of the molecule is C1=Cc2ncc3cnccc3c2OC1. The molecular weight excluding hydrogens is 176 g/mol. The Hall–Kier alpha value is -1.90. The van der Waals surface area contributed by atoms with Crippen LogP contribution in [0, 0.1) is 0 Å². The molecule has 0 spiro atoms. The quantitative estimate of drug-likeness (QED) is 0.628. The van der Waals surface area contributed by atoms with Gasteiger partial charge >= 0.3 is 0 Å². The van der Waals surface area contributed by atoms with Gasteiger partial charge in [0, 0.05) is 29.4 Å². The summed E-state index contributed by atoms with van der Waals surface area (Å²) in [7, 11) is 0. The van der Waals surface area contributed by atoms with Crippen LogP contribution in [0.3, 0.4) is 0 Å². The third-order valence-corrected chi connectivity index (χ3v) is 2.27. The molecule has 2 aromatic heterocycles. The van der Waals surface area contributed by atoms with Gasteiger partial charge < -0.3 is 4.74 Å². The summed E-state index contributed by atoms with van der Waals surface area (Å²) in [5.41, 5.74) is 0.898.